The van der Waals surface area contributed by atoms with E-state index in [1.165, 1.54) is 0 Å². The molecule has 2 atom stereocenters. The number of aliphatic carboxylic acids is 1. The zero-order valence-corrected chi connectivity index (χ0v) is 14.1. The van der Waals surface area contributed by atoms with Crippen molar-refractivity contribution >= 4 is 29.2 Å². The predicted octanol–water partition coefficient (Wildman–Crippen LogP) is 3.11. The predicted molar refractivity (Wildman–Crippen MR) is 93.3 cm³/mol. The van der Waals surface area contributed by atoms with E-state index in [0.717, 1.165) is 11.3 Å². The minimum absolute atomic E-state index is 0.109. The smallest absolute Gasteiger partial charge is 0.312 e. The summed E-state index contributed by atoms with van der Waals surface area (Å²) >= 11 is 6.04. The van der Waals surface area contributed by atoms with Gasteiger partial charge in [0.1, 0.15) is 18.3 Å². The standard InChI is InChI=1S/C19H16ClNO4/c20-13-5-6-17-11(8-13)7-12(10-25-17)18(22)21-9-15(19(23)24)14-3-1-2-4-16(14)21/h1-6,8,12,15H,7,9-10H2,(H,23,24). The van der Waals surface area contributed by atoms with Crippen LogP contribution in [-0.4, -0.2) is 30.1 Å². The lowest BCUT2D eigenvalue weighted by Gasteiger charge is -2.28. The SMILES string of the molecule is O=C(O)C1CN(C(=O)C2COc3ccc(Cl)cc3C2)c2ccccc21. The Labute approximate surface area is 149 Å². The molecule has 0 aliphatic carbocycles. The number of carboxylic acid groups (broad SMARTS) is 1. The lowest BCUT2D eigenvalue weighted by molar-refractivity contribution is -0.138. The molecule has 25 heavy (non-hydrogen) atoms. The molecule has 2 aromatic rings. The molecular weight excluding hydrogens is 342 g/mol. The highest BCUT2D eigenvalue weighted by Crippen LogP contribution is 2.38. The second-order valence-electron chi connectivity index (χ2n) is 6.36. The van der Waals surface area contributed by atoms with Gasteiger partial charge in [0.15, 0.2) is 0 Å². The van der Waals surface area contributed by atoms with E-state index in [2.05, 4.69) is 0 Å². The molecule has 0 fully saturated rings. The molecule has 0 aromatic heterocycles. The fourth-order valence-corrected chi connectivity index (χ4v) is 3.76. The van der Waals surface area contributed by atoms with E-state index in [0.29, 0.717) is 22.7 Å². The summed E-state index contributed by atoms with van der Waals surface area (Å²) in [6.45, 7) is 0.441. The number of nitrogens with zero attached hydrogens (tertiary/aromatic N) is 1. The lowest BCUT2D eigenvalue weighted by Crippen LogP contribution is -2.40. The van der Waals surface area contributed by atoms with Crippen LogP contribution in [0.4, 0.5) is 5.69 Å². The number of para-hydroxylation sites is 1. The average molecular weight is 358 g/mol. The van der Waals surface area contributed by atoms with Crippen LogP contribution in [0.15, 0.2) is 42.5 Å². The molecule has 0 saturated carbocycles. The number of anilines is 1. The Morgan fingerprint density at radius 3 is 2.80 bits per heavy atom. The van der Waals surface area contributed by atoms with E-state index >= 15 is 0 Å². The van der Waals surface area contributed by atoms with Crippen molar-refractivity contribution in [1.82, 2.24) is 0 Å². The summed E-state index contributed by atoms with van der Waals surface area (Å²) < 4.78 is 5.71. The molecule has 6 heteroatoms. The number of carbonyl (C=O) groups excluding carboxylic acids is 1. The van der Waals surface area contributed by atoms with Gasteiger partial charge in [0.05, 0.1) is 5.92 Å². The number of ether oxygens (including phenoxy) is 1. The fraction of sp³-hybridized carbons (Fsp3) is 0.263. The summed E-state index contributed by atoms with van der Waals surface area (Å²) in [6, 6.07) is 12.6. The van der Waals surface area contributed by atoms with Gasteiger partial charge in [-0.3, -0.25) is 9.59 Å². The van der Waals surface area contributed by atoms with Crippen LogP contribution < -0.4 is 9.64 Å². The molecule has 1 amide bonds. The zero-order chi connectivity index (χ0) is 17.6. The van der Waals surface area contributed by atoms with Crippen molar-refractivity contribution in [3.05, 3.63) is 58.6 Å². The topological polar surface area (TPSA) is 66.8 Å². The van der Waals surface area contributed by atoms with Crippen molar-refractivity contribution < 1.29 is 19.4 Å². The normalized spacial score (nSPS) is 21.2. The maximum absolute atomic E-state index is 13.0. The van der Waals surface area contributed by atoms with Crippen molar-refractivity contribution in [3.8, 4) is 5.75 Å². The third kappa shape index (κ3) is 2.74. The van der Waals surface area contributed by atoms with Crippen LogP contribution in [0.1, 0.15) is 17.0 Å². The Morgan fingerprint density at radius 1 is 1.20 bits per heavy atom. The quantitative estimate of drug-likeness (QED) is 0.896. The molecule has 2 aliphatic heterocycles. The van der Waals surface area contributed by atoms with Crippen molar-refractivity contribution in [2.45, 2.75) is 12.3 Å². The summed E-state index contributed by atoms with van der Waals surface area (Å²) in [5.74, 6) is -1.32. The molecule has 128 valence electrons. The van der Waals surface area contributed by atoms with E-state index in [1.807, 2.05) is 18.2 Å². The molecule has 5 nitrogen and oxygen atoms in total. The van der Waals surface area contributed by atoms with Gasteiger partial charge in [0, 0.05) is 17.3 Å². The molecule has 0 spiro atoms. The van der Waals surface area contributed by atoms with Crippen LogP contribution in [0.5, 0.6) is 5.75 Å². The maximum atomic E-state index is 13.0. The van der Waals surface area contributed by atoms with Crippen molar-refractivity contribution in [3.63, 3.8) is 0 Å². The number of hydrogen-bond donors (Lipinski definition) is 1. The number of amides is 1. The number of carboxylic acids is 1. The second-order valence-corrected chi connectivity index (χ2v) is 6.80. The third-order valence-electron chi connectivity index (χ3n) is 4.81. The van der Waals surface area contributed by atoms with E-state index in [-0.39, 0.29) is 25.0 Å². The molecular formula is C19H16ClNO4. The Kier molecular flexibility index (Phi) is 3.88. The Morgan fingerprint density at radius 2 is 2.00 bits per heavy atom. The first-order valence-electron chi connectivity index (χ1n) is 8.09. The van der Waals surface area contributed by atoms with Gasteiger partial charge in [-0.15, -0.1) is 0 Å². The largest absolute Gasteiger partial charge is 0.492 e. The van der Waals surface area contributed by atoms with Crippen LogP contribution in [0.25, 0.3) is 0 Å². The van der Waals surface area contributed by atoms with Crippen molar-refractivity contribution in [2.75, 3.05) is 18.1 Å². The summed E-state index contributed by atoms with van der Waals surface area (Å²) in [5, 5.41) is 10.1. The van der Waals surface area contributed by atoms with Gasteiger partial charge in [0.25, 0.3) is 0 Å². The van der Waals surface area contributed by atoms with Crippen LogP contribution >= 0.6 is 11.6 Å². The van der Waals surface area contributed by atoms with Crippen molar-refractivity contribution in [2.24, 2.45) is 5.92 Å². The van der Waals surface area contributed by atoms with Gasteiger partial charge in [-0.2, -0.15) is 0 Å². The monoisotopic (exact) mass is 357 g/mol. The molecule has 4 rings (SSSR count). The number of hydrogen-bond acceptors (Lipinski definition) is 3. The first-order chi connectivity index (χ1) is 12.0. The fourth-order valence-electron chi connectivity index (χ4n) is 3.57. The van der Waals surface area contributed by atoms with Crippen LogP contribution in [0, 0.1) is 5.92 Å². The van der Waals surface area contributed by atoms with Gasteiger partial charge in [-0.1, -0.05) is 29.8 Å². The molecule has 1 N–H and O–H groups in total. The number of halogens is 1. The van der Waals surface area contributed by atoms with Crippen LogP contribution in [0.3, 0.4) is 0 Å². The van der Waals surface area contributed by atoms with Gasteiger partial charge >= 0.3 is 5.97 Å². The second kappa shape index (κ2) is 6.08. The summed E-state index contributed by atoms with van der Waals surface area (Å²) in [7, 11) is 0. The molecule has 0 saturated heterocycles. The number of carbonyl (C=O) groups is 2. The molecule has 0 bridgehead atoms. The van der Waals surface area contributed by atoms with E-state index in [4.69, 9.17) is 16.3 Å². The third-order valence-corrected chi connectivity index (χ3v) is 5.05. The lowest BCUT2D eigenvalue weighted by atomic mass is 9.95. The van der Waals surface area contributed by atoms with Crippen LogP contribution in [-0.2, 0) is 16.0 Å². The molecule has 0 radical (unpaired) electrons. The minimum Gasteiger partial charge on any atom is -0.492 e. The first-order valence-corrected chi connectivity index (χ1v) is 8.46. The van der Waals surface area contributed by atoms with Crippen molar-refractivity contribution in [1.29, 1.82) is 0 Å². The van der Waals surface area contributed by atoms with Gasteiger partial charge < -0.3 is 14.7 Å². The van der Waals surface area contributed by atoms with E-state index in [1.54, 1.807) is 29.2 Å². The van der Waals surface area contributed by atoms with Gasteiger partial charge in [-0.05, 0) is 41.8 Å². The Balaban J connectivity index is 1.61. The maximum Gasteiger partial charge on any atom is 0.312 e. The van der Waals surface area contributed by atoms with E-state index < -0.39 is 11.9 Å². The summed E-state index contributed by atoms with van der Waals surface area (Å²) in [5.41, 5.74) is 2.26. The number of fused-ring (bicyclic) bond motifs is 2. The van der Waals surface area contributed by atoms with Crippen LogP contribution in [0.2, 0.25) is 5.02 Å². The van der Waals surface area contributed by atoms with E-state index in [9.17, 15) is 14.7 Å². The highest BCUT2D eigenvalue weighted by atomic mass is 35.5. The van der Waals surface area contributed by atoms with Gasteiger partial charge in [-0.25, -0.2) is 0 Å². The zero-order valence-electron chi connectivity index (χ0n) is 13.3. The minimum atomic E-state index is -0.917. The molecule has 2 aromatic carbocycles. The number of rotatable bonds is 2. The Bertz CT molecular complexity index is 866. The Hall–Kier alpha value is -2.53. The highest BCUT2D eigenvalue weighted by Gasteiger charge is 2.39. The molecule has 2 aliphatic rings. The molecule has 2 unspecified atom stereocenters. The van der Waals surface area contributed by atoms with Gasteiger partial charge in [0.2, 0.25) is 5.91 Å². The number of benzene rings is 2. The molecule has 2 heterocycles. The first kappa shape index (κ1) is 16.0. The average Bonchev–Trinajstić information content (AvgIpc) is 3.00. The summed E-state index contributed by atoms with van der Waals surface area (Å²) in [4.78, 5) is 26.2. The summed E-state index contributed by atoms with van der Waals surface area (Å²) in [6.07, 6.45) is 0.533. The highest BCUT2D eigenvalue weighted by molar-refractivity contribution is 6.30.